The summed E-state index contributed by atoms with van der Waals surface area (Å²) < 4.78 is 9.63. The Morgan fingerprint density at radius 2 is 2.05 bits per heavy atom. The third-order valence-corrected chi connectivity index (χ3v) is 2.79. The van der Waals surface area contributed by atoms with Crippen LogP contribution in [0.25, 0.3) is 17.0 Å². The average Bonchev–Trinajstić information content (AvgIpc) is 2.50. The second-order valence-corrected chi connectivity index (χ2v) is 4.00. The highest BCUT2D eigenvalue weighted by Crippen LogP contribution is 2.22. The van der Waals surface area contributed by atoms with Crippen LogP contribution in [0.3, 0.4) is 0 Å². The predicted octanol–water partition coefficient (Wildman–Crippen LogP) is 2.24. The van der Waals surface area contributed by atoms with E-state index in [9.17, 15) is 9.59 Å². The number of pyridine rings is 1. The lowest BCUT2D eigenvalue weighted by Crippen LogP contribution is -1.96. The molecule has 5 heteroatoms. The largest absolute Gasteiger partial charge is 0.497 e. The van der Waals surface area contributed by atoms with Crippen LogP contribution in [0.5, 0.6) is 5.75 Å². The number of hydrogen-bond acceptors (Lipinski definition) is 5. The van der Waals surface area contributed by atoms with Gasteiger partial charge in [0.15, 0.2) is 6.29 Å². The maximum atomic E-state index is 11.1. The van der Waals surface area contributed by atoms with E-state index < -0.39 is 5.97 Å². The maximum absolute atomic E-state index is 11.1. The number of carbonyl (C=O) groups excluding carboxylic acids is 2. The molecule has 5 nitrogen and oxygen atoms in total. The van der Waals surface area contributed by atoms with Crippen LogP contribution in [-0.2, 0) is 9.53 Å². The van der Waals surface area contributed by atoms with Gasteiger partial charge in [0, 0.05) is 17.0 Å². The standard InChI is InChI=1S/C15H13NO4/c1-19-12-3-4-13-10(8-12)7-11(9-17)14(16-13)5-6-15(18)20-2/h3-9H,1-2H3/b6-5+. The molecular formula is C15H13NO4. The van der Waals surface area contributed by atoms with Crippen molar-refractivity contribution >= 4 is 29.2 Å². The van der Waals surface area contributed by atoms with E-state index in [1.807, 2.05) is 0 Å². The number of aromatic nitrogens is 1. The highest BCUT2D eigenvalue weighted by Gasteiger charge is 2.06. The Morgan fingerprint density at radius 3 is 2.70 bits per heavy atom. The lowest BCUT2D eigenvalue weighted by molar-refractivity contribution is -0.134. The topological polar surface area (TPSA) is 65.5 Å². The van der Waals surface area contributed by atoms with Crippen molar-refractivity contribution in [3.05, 3.63) is 41.6 Å². The summed E-state index contributed by atoms with van der Waals surface area (Å²) in [6.45, 7) is 0. The monoisotopic (exact) mass is 271 g/mol. The van der Waals surface area contributed by atoms with Crippen LogP contribution < -0.4 is 4.74 Å². The van der Waals surface area contributed by atoms with Gasteiger partial charge in [-0.15, -0.1) is 0 Å². The van der Waals surface area contributed by atoms with E-state index >= 15 is 0 Å². The molecule has 0 fully saturated rings. The molecule has 2 aromatic rings. The number of benzene rings is 1. The molecule has 0 atom stereocenters. The van der Waals surface area contributed by atoms with Crippen molar-refractivity contribution < 1.29 is 19.1 Å². The van der Waals surface area contributed by atoms with Crippen molar-refractivity contribution in [1.82, 2.24) is 4.98 Å². The van der Waals surface area contributed by atoms with Crippen LogP contribution in [-0.4, -0.2) is 31.5 Å². The van der Waals surface area contributed by atoms with Crippen LogP contribution >= 0.6 is 0 Å². The summed E-state index contributed by atoms with van der Waals surface area (Å²) >= 11 is 0. The van der Waals surface area contributed by atoms with E-state index in [4.69, 9.17) is 4.74 Å². The molecule has 1 aromatic heterocycles. The van der Waals surface area contributed by atoms with Gasteiger partial charge >= 0.3 is 5.97 Å². The maximum Gasteiger partial charge on any atom is 0.330 e. The van der Waals surface area contributed by atoms with Gasteiger partial charge in [-0.05, 0) is 30.3 Å². The molecule has 1 heterocycles. The molecule has 0 saturated heterocycles. The molecule has 20 heavy (non-hydrogen) atoms. The number of ether oxygens (including phenoxy) is 2. The molecule has 102 valence electrons. The second kappa shape index (κ2) is 5.97. The number of fused-ring (bicyclic) bond motifs is 1. The van der Waals surface area contributed by atoms with Crippen molar-refractivity contribution in [2.45, 2.75) is 0 Å². The summed E-state index contributed by atoms with van der Waals surface area (Å²) in [5.41, 5.74) is 1.52. The van der Waals surface area contributed by atoms with Gasteiger partial charge in [-0.3, -0.25) is 4.79 Å². The Kier molecular flexibility index (Phi) is 4.10. The van der Waals surface area contributed by atoms with Crippen LogP contribution in [0.15, 0.2) is 30.3 Å². The fourth-order valence-electron chi connectivity index (χ4n) is 1.76. The summed E-state index contributed by atoms with van der Waals surface area (Å²) in [6, 6.07) is 7.07. The molecule has 0 bridgehead atoms. The van der Waals surface area contributed by atoms with Crippen molar-refractivity contribution in [1.29, 1.82) is 0 Å². The molecule has 0 spiro atoms. The Balaban J connectivity index is 2.52. The van der Waals surface area contributed by atoms with Crippen LogP contribution in [0.1, 0.15) is 16.1 Å². The lowest BCUT2D eigenvalue weighted by Gasteiger charge is -2.05. The van der Waals surface area contributed by atoms with E-state index in [0.717, 1.165) is 5.39 Å². The molecule has 0 radical (unpaired) electrons. The number of aldehydes is 1. The van der Waals surface area contributed by atoms with E-state index in [-0.39, 0.29) is 0 Å². The first-order valence-corrected chi connectivity index (χ1v) is 5.88. The minimum Gasteiger partial charge on any atom is -0.497 e. The Morgan fingerprint density at radius 1 is 1.25 bits per heavy atom. The van der Waals surface area contributed by atoms with E-state index in [1.165, 1.54) is 19.3 Å². The summed E-state index contributed by atoms with van der Waals surface area (Å²) in [7, 11) is 2.86. The Bertz CT molecular complexity index is 692. The first-order chi connectivity index (χ1) is 9.67. The third kappa shape index (κ3) is 2.83. The zero-order valence-corrected chi connectivity index (χ0v) is 11.1. The minimum atomic E-state index is -0.501. The van der Waals surface area contributed by atoms with Crippen molar-refractivity contribution in [3.63, 3.8) is 0 Å². The SMILES string of the molecule is COC(=O)/C=C/c1nc2ccc(OC)cc2cc1C=O. The van der Waals surface area contributed by atoms with Crippen molar-refractivity contribution in [2.75, 3.05) is 14.2 Å². The van der Waals surface area contributed by atoms with E-state index in [2.05, 4.69) is 9.72 Å². The van der Waals surface area contributed by atoms with Gasteiger partial charge in [0.05, 0.1) is 25.4 Å². The highest BCUT2D eigenvalue weighted by molar-refractivity contribution is 5.93. The third-order valence-electron chi connectivity index (χ3n) is 2.79. The molecular weight excluding hydrogens is 258 g/mol. The lowest BCUT2D eigenvalue weighted by atomic mass is 10.1. The molecule has 0 saturated carbocycles. The first kappa shape index (κ1) is 13.7. The summed E-state index contributed by atoms with van der Waals surface area (Å²) in [4.78, 5) is 26.6. The van der Waals surface area contributed by atoms with Gasteiger partial charge in [0.2, 0.25) is 0 Å². The Labute approximate surface area is 115 Å². The summed E-state index contributed by atoms with van der Waals surface area (Å²) in [5.74, 6) is 0.187. The summed E-state index contributed by atoms with van der Waals surface area (Å²) in [6.07, 6.45) is 3.38. The Hall–Kier alpha value is -2.69. The molecule has 1 aromatic carbocycles. The number of rotatable bonds is 4. The van der Waals surface area contributed by atoms with Crippen LogP contribution in [0.4, 0.5) is 0 Å². The first-order valence-electron chi connectivity index (χ1n) is 5.88. The van der Waals surface area contributed by atoms with E-state index in [1.54, 1.807) is 31.4 Å². The number of nitrogens with zero attached hydrogens (tertiary/aromatic N) is 1. The minimum absolute atomic E-state index is 0.394. The molecule has 0 aliphatic carbocycles. The molecule has 0 aliphatic heterocycles. The molecule has 0 N–H and O–H groups in total. The highest BCUT2D eigenvalue weighted by atomic mass is 16.5. The van der Waals surface area contributed by atoms with Gasteiger partial charge < -0.3 is 9.47 Å². The van der Waals surface area contributed by atoms with E-state index in [0.29, 0.717) is 28.8 Å². The number of hydrogen-bond donors (Lipinski definition) is 0. The van der Waals surface area contributed by atoms with Gasteiger partial charge in [-0.25, -0.2) is 9.78 Å². The van der Waals surface area contributed by atoms with Gasteiger partial charge in [-0.2, -0.15) is 0 Å². The molecule has 0 amide bonds. The second-order valence-electron chi connectivity index (χ2n) is 4.00. The van der Waals surface area contributed by atoms with Crippen molar-refractivity contribution in [2.24, 2.45) is 0 Å². The predicted molar refractivity (Wildman–Crippen MR) is 74.7 cm³/mol. The molecule has 0 aliphatic rings. The zero-order chi connectivity index (χ0) is 14.5. The van der Waals surface area contributed by atoms with Crippen LogP contribution in [0, 0.1) is 0 Å². The normalized spacial score (nSPS) is 10.7. The number of esters is 1. The number of carbonyl (C=O) groups is 2. The fourth-order valence-corrected chi connectivity index (χ4v) is 1.76. The van der Waals surface area contributed by atoms with Gasteiger partial charge in [-0.1, -0.05) is 0 Å². The van der Waals surface area contributed by atoms with Crippen LogP contribution in [0.2, 0.25) is 0 Å². The van der Waals surface area contributed by atoms with Gasteiger partial charge in [0.1, 0.15) is 5.75 Å². The summed E-state index contributed by atoms with van der Waals surface area (Å²) in [5, 5.41) is 0.793. The number of methoxy groups -OCH3 is 2. The quantitative estimate of drug-likeness (QED) is 0.484. The fraction of sp³-hybridized carbons (Fsp3) is 0.133. The zero-order valence-electron chi connectivity index (χ0n) is 11.1. The molecule has 2 rings (SSSR count). The van der Waals surface area contributed by atoms with Crippen molar-refractivity contribution in [3.8, 4) is 5.75 Å². The smallest absolute Gasteiger partial charge is 0.330 e. The molecule has 0 unspecified atom stereocenters. The van der Waals surface area contributed by atoms with Gasteiger partial charge in [0.25, 0.3) is 0 Å². The average molecular weight is 271 g/mol.